The first kappa shape index (κ1) is 13.1. The smallest absolute Gasteiger partial charge is 0.261 e. The maximum absolute atomic E-state index is 12.3. The Morgan fingerprint density at radius 1 is 1.63 bits per heavy atom. The highest BCUT2D eigenvalue weighted by Gasteiger charge is 2.42. The summed E-state index contributed by atoms with van der Waals surface area (Å²) < 4.78 is 5.39. The lowest BCUT2D eigenvalue weighted by Crippen LogP contribution is -2.50. The summed E-state index contributed by atoms with van der Waals surface area (Å²) in [5.41, 5.74) is 0.663. The lowest BCUT2D eigenvalue weighted by atomic mass is 9.97. The number of thiophene rings is 1. The van der Waals surface area contributed by atoms with E-state index in [1.54, 1.807) is 11.3 Å². The minimum absolute atomic E-state index is 0.00237. The van der Waals surface area contributed by atoms with E-state index < -0.39 is 5.54 Å². The highest BCUT2D eigenvalue weighted by molar-refractivity contribution is 7.14. The number of carbonyl (C=O) groups excluding carboxylic acids is 1. The van der Waals surface area contributed by atoms with Crippen LogP contribution in [0.2, 0.25) is 0 Å². The molecule has 0 saturated heterocycles. The second-order valence-electron chi connectivity index (χ2n) is 5.67. The molecule has 1 saturated carbocycles. The van der Waals surface area contributed by atoms with Gasteiger partial charge < -0.3 is 15.2 Å². The summed E-state index contributed by atoms with van der Waals surface area (Å²) in [4.78, 5) is 14.3. The molecule has 19 heavy (non-hydrogen) atoms. The first-order chi connectivity index (χ1) is 9.12. The summed E-state index contributed by atoms with van der Waals surface area (Å²) in [6.07, 6.45) is 3.07. The fourth-order valence-electron chi connectivity index (χ4n) is 2.57. The Morgan fingerprint density at radius 3 is 3.05 bits per heavy atom. The molecule has 2 heterocycles. The summed E-state index contributed by atoms with van der Waals surface area (Å²) in [5, 5.41) is 12.5. The Balaban J connectivity index is 1.74. The van der Waals surface area contributed by atoms with E-state index in [1.807, 2.05) is 13.0 Å². The summed E-state index contributed by atoms with van der Waals surface area (Å²) >= 11 is 1.55. The van der Waals surface area contributed by atoms with E-state index in [-0.39, 0.29) is 12.5 Å². The van der Waals surface area contributed by atoms with Gasteiger partial charge in [0.1, 0.15) is 0 Å². The summed E-state index contributed by atoms with van der Waals surface area (Å²) in [6.45, 7) is 3.28. The molecule has 1 aromatic heterocycles. The van der Waals surface area contributed by atoms with Gasteiger partial charge in [-0.15, -0.1) is 11.3 Å². The molecule has 3 rings (SSSR count). The molecule has 1 aliphatic carbocycles. The predicted octanol–water partition coefficient (Wildman–Crippen LogP) is 1.71. The number of amides is 1. The first-order valence-corrected chi connectivity index (χ1v) is 7.57. The summed E-state index contributed by atoms with van der Waals surface area (Å²) in [5.74, 6) is 0.349. The van der Waals surface area contributed by atoms with Crippen molar-refractivity contribution in [3.8, 4) is 0 Å². The van der Waals surface area contributed by atoms with Crippen LogP contribution in [-0.2, 0) is 17.8 Å². The lowest BCUT2D eigenvalue weighted by molar-refractivity contribution is 0.0828. The SMILES string of the molecule is CC(CO)(NC(=O)c1cc2c(s1)CCOC2)C1CC1. The highest BCUT2D eigenvalue weighted by Crippen LogP contribution is 2.39. The molecule has 1 aliphatic heterocycles. The van der Waals surface area contributed by atoms with Crippen LogP contribution in [0.1, 0.15) is 39.9 Å². The van der Waals surface area contributed by atoms with Gasteiger partial charge in [0.05, 0.1) is 30.2 Å². The molecular formula is C14H19NO3S. The molecule has 0 aromatic carbocycles. The molecule has 0 spiro atoms. The van der Waals surface area contributed by atoms with Crippen molar-refractivity contribution >= 4 is 17.2 Å². The Morgan fingerprint density at radius 2 is 2.42 bits per heavy atom. The molecule has 4 nitrogen and oxygen atoms in total. The van der Waals surface area contributed by atoms with Gasteiger partial charge in [0, 0.05) is 11.3 Å². The molecule has 1 unspecified atom stereocenters. The average Bonchev–Trinajstić information content (AvgIpc) is 3.18. The number of ether oxygens (including phenoxy) is 1. The van der Waals surface area contributed by atoms with E-state index in [0.29, 0.717) is 12.5 Å². The molecular weight excluding hydrogens is 262 g/mol. The van der Waals surface area contributed by atoms with E-state index in [2.05, 4.69) is 5.32 Å². The van der Waals surface area contributed by atoms with Gasteiger partial charge in [0.15, 0.2) is 0 Å². The number of hydrogen-bond acceptors (Lipinski definition) is 4. The van der Waals surface area contributed by atoms with Crippen LogP contribution in [-0.4, -0.2) is 29.8 Å². The fourth-order valence-corrected chi connectivity index (χ4v) is 3.62. The van der Waals surface area contributed by atoms with E-state index in [4.69, 9.17) is 4.74 Å². The maximum atomic E-state index is 12.3. The van der Waals surface area contributed by atoms with Gasteiger partial charge in [0.2, 0.25) is 0 Å². The van der Waals surface area contributed by atoms with Crippen LogP contribution in [0, 0.1) is 5.92 Å². The van der Waals surface area contributed by atoms with Gasteiger partial charge in [-0.25, -0.2) is 0 Å². The van der Waals surface area contributed by atoms with E-state index in [9.17, 15) is 9.90 Å². The van der Waals surface area contributed by atoms with Gasteiger partial charge in [-0.1, -0.05) is 0 Å². The largest absolute Gasteiger partial charge is 0.394 e. The minimum atomic E-state index is -0.474. The quantitative estimate of drug-likeness (QED) is 0.883. The van der Waals surface area contributed by atoms with Crippen molar-refractivity contribution in [1.82, 2.24) is 5.32 Å². The second-order valence-corrected chi connectivity index (χ2v) is 6.80. The van der Waals surface area contributed by atoms with Gasteiger partial charge in [-0.3, -0.25) is 4.79 Å². The monoisotopic (exact) mass is 281 g/mol. The number of aliphatic hydroxyl groups is 1. The zero-order valence-corrected chi connectivity index (χ0v) is 11.9. The lowest BCUT2D eigenvalue weighted by Gasteiger charge is -2.28. The number of carbonyl (C=O) groups is 1. The van der Waals surface area contributed by atoms with Crippen molar-refractivity contribution in [2.75, 3.05) is 13.2 Å². The summed E-state index contributed by atoms with van der Waals surface area (Å²) in [7, 11) is 0. The number of fused-ring (bicyclic) bond motifs is 1. The van der Waals surface area contributed by atoms with Crippen LogP contribution < -0.4 is 5.32 Å². The zero-order chi connectivity index (χ0) is 13.5. The maximum Gasteiger partial charge on any atom is 0.261 e. The van der Waals surface area contributed by atoms with Gasteiger partial charge >= 0.3 is 0 Å². The van der Waals surface area contributed by atoms with Crippen LogP contribution in [0.5, 0.6) is 0 Å². The fraction of sp³-hybridized carbons (Fsp3) is 0.643. The van der Waals surface area contributed by atoms with Gasteiger partial charge in [-0.2, -0.15) is 0 Å². The van der Waals surface area contributed by atoms with E-state index >= 15 is 0 Å². The van der Waals surface area contributed by atoms with Crippen LogP contribution in [0.25, 0.3) is 0 Å². The Labute approximate surface area is 116 Å². The van der Waals surface area contributed by atoms with Crippen LogP contribution in [0.15, 0.2) is 6.07 Å². The molecule has 2 N–H and O–H groups in total. The summed E-state index contributed by atoms with van der Waals surface area (Å²) in [6, 6.07) is 1.93. The predicted molar refractivity (Wildman–Crippen MR) is 73.4 cm³/mol. The minimum Gasteiger partial charge on any atom is -0.394 e. The van der Waals surface area contributed by atoms with Crippen molar-refractivity contribution in [2.45, 2.75) is 38.3 Å². The third kappa shape index (κ3) is 2.55. The molecule has 1 aromatic rings. The number of nitrogens with one attached hydrogen (secondary N) is 1. The standard InChI is InChI=1S/C14H19NO3S/c1-14(8-16,10-2-3-10)15-13(17)12-6-9-7-18-5-4-11(9)19-12/h6,10,16H,2-5,7-8H2,1H3,(H,15,17). The molecule has 2 aliphatic rings. The van der Waals surface area contributed by atoms with E-state index in [0.717, 1.165) is 36.3 Å². The van der Waals surface area contributed by atoms with Gasteiger partial charge in [-0.05, 0) is 37.3 Å². The first-order valence-electron chi connectivity index (χ1n) is 6.75. The van der Waals surface area contributed by atoms with Gasteiger partial charge in [0.25, 0.3) is 5.91 Å². The van der Waals surface area contributed by atoms with Crippen molar-refractivity contribution < 1.29 is 14.6 Å². The molecule has 1 fully saturated rings. The molecule has 0 radical (unpaired) electrons. The third-order valence-corrected chi connectivity index (χ3v) is 5.29. The zero-order valence-electron chi connectivity index (χ0n) is 11.1. The molecule has 5 heteroatoms. The normalized spacial score (nSPS) is 21.6. The topological polar surface area (TPSA) is 58.6 Å². The number of rotatable bonds is 4. The van der Waals surface area contributed by atoms with Crippen molar-refractivity contribution in [1.29, 1.82) is 0 Å². The van der Waals surface area contributed by atoms with Crippen LogP contribution in [0.3, 0.4) is 0 Å². The van der Waals surface area contributed by atoms with Crippen molar-refractivity contribution in [3.63, 3.8) is 0 Å². The number of hydrogen-bond donors (Lipinski definition) is 2. The Kier molecular flexibility index (Phi) is 3.37. The number of aliphatic hydroxyl groups excluding tert-OH is 1. The van der Waals surface area contributed by atoms with Crippen LogP contribution >= 0.6 is 11.3 Å². The Hall–Kier alpha value is -0.910. The Bertz CT molecular complexity index is 471. The van der Waals surface area contributed by atoms with E-state index in [1.165, 1.54) is 4.88 Å². The second kappa shape index (κ2) is 4.89. The van der Waals surface area contributed by atoms with Crippen molar-refractivity contribution in [3.05, 3.63) is 21.4 Å². The molecule has 1 amide bonds. The third-order valence-electron chi connectivity index (χ3n) is 4.06. The molecule has 1 atom stereocenters. The molecule has 104 valence electrons. The average molecular weight is 281 g/mol. The molecule has 0 bridgehead atoms. The highest BCUT2D eigenvalue weighted by atomic mass is 32.1. The van der Waals surface area contributed by atoms with Crippen LogP contribution in [0.4, 0.5) is 0 Å². The van der Waals surface area contributed by atoms with Crippen molar-refractivity contribution in [2.24, 2.45) is 5.92 Å².